The molecule has 1 aromatic heterocycles. The minimum absolute atomic E-state index is 0.150. The number of pyridine rings is 1. The molecule has 0 atom stereocenters. The van der Waals surface area contributed by atoms with Crippen LogP contribution in [-0.4, -0.2) is 31.2 Å². The van der Waals surface area contributed by atoms with Crippen LogP contribution in [0, 0.1) is 0 Å². The highest BCUT2D eigenvalue weighted by Gasteiger charge is 2.27. The average molecular weight is 316 g/mol. The predicted molar refractivity (Wildman–Crippen MR) is 65.7 cm³/mol. The average Bonchev–Trinajstić information content (AvgIpc) is 2.34. The Morgan fingerprint density at radius 1 is 1.37 bits per heavy atom. The number of nitrogens with one attached hydrogen (secondary N) is 2. The van der Waals surface area contributed by atoms with Crippen LogP contribution >= 0.6 is 11.8 Å². The molecule has 6 nitrogen and oxygen atoms in total. The van der Waals surface area contributed by atoms with E-state index < -0.39 is 21.3 Å². The predicted octanol–water partition coefficient (Wildman–Crippen LogP) is 0.899. The molecule has 0 spiro atoms. The Balaban J connectivity index is 2.56. The summed E-state index contributed by atoms with van der Waals surface area (Å²) in [4.78, 5) is 3.54. The first-order valence-electron chi connectivity index (χ1n) is 4.87. The van der Waals surface area contributed by atoms with Crippen molar-refractivity contribution in [3.63, 3.8) is 0 Å². The Morgan fingerprint density at radius 2 is 2.05 bits per heavy atom. The lowest BCUT2D eigenvalue weighted by atomic mass is 10.5. The highest BCUT2D eigenvalue weighted by molar-refractivity contribution is 8.00. The molecule has 1 rings (SSSR count). The van der Waals surface area contributed by atoms with Crippen molar-refractivity contribution in [1.29, 1.82) is 0 Å². The van der Waals surface area contributed by atoms with Gasteiger partial charge in [0.15, 0.2) is 0 Å². The lowest BCUT2D eigenvalue weighted by Crippen LogP contribution is -2.27. The van der Waals surface area contributed by atoms with Gasteiger partial charge in [0, 0.05) is 18.5 Å². The minimum atomic E-state index is -4.37. The number of halogens is 3. The van der Waals surface area contributed by atoms with Gasteiger partial charge in [-0.1, -0.05) is 0 Å². The first-order valence-corrected chi connectivity index (χ1v) is 7.34. The van der Waals surface area contributed by atoms with Crippen LogP contribution in [0.5, 0.6) is 0 Å². The molecule has 0 aliphatic carbocycles. The maximum absolute atomic E-state index is 11.8. The van der Waals surface area contributed by atoms with Crippen molar-refractivity contribution < 1.29 is 21.6 Å². The normalized spacial score (nSPS) is 12.4. The number of aromatic nitrogens is 1. The van der Waals surface area contributed by atoms with E-state index in [1.54, 1.807) is 0 Å². The van der Waals surface area contributed by atoms with Gasteiger partial charge in [0.2, 0.25) is 10.0 Å². The number of rotatable bonds is 6. The van der Waals surface area contributed by atoms with E-state index in [0.29, 0.717) is 0 Å². The molecule has 0 aliphatic rings. The van der Waals surface area contributed by atoms with Crippen LogP contribution in [-0.2, 0) is 10.0 Å². The van der Waals surface area contributed by atoms with Gasteiger partial charge in [-0.25, -0.2) is 24.0 Å². The molecule has 4 N–H and O–H groups in total. The van der Waals surface area contributed by atoms with Crippen LogP contribution in [0.3, 0.4) is 0 Å². The summed E-state index contributed by atoms with van der Waals surface area (Å²) in [5, 5.41) is 0. The third kappa shape index (κ3) is 5.63. The maximum Gasteiger partial charge on any atom is 0.441 e. The van der Waals surface area contributed by atoms with Gasteiger partial charge in [0.05, 0.1) is 0 Å². The molecular weight excluding hydrogens is 305 g/mol. The molecule has 0 saturated carbocycles. The van der Waals surface area contributed by atoms with Gasteiger partial charge in [-0.15, -0.1) is 0 Å². The Labute approximate surface area is 112 Å². The van der Waals surface area contributed by atoms with Gasteiger partial charge in [-0.05, 0) is 23.9 Å². The van der Waals surface area contributed by atoms with E-state index in [9.17, 15) is 21.6 Å². The van der Waals surface area contributed by atoms with Gasteiger partial charge in [0.25, 0.3) is 0 Å². The number of hydrazine groups is 1. The Hall–Kier alpha value is -1.04. The first kappa shape index (κ1) is 16.0. The second kappa shape index (κ2) is 6.41. The fourth-order valence-electron chi connectivity index (χ4n) is 1.05. The molecular formula is C8H11F3N4O2S2. The fraction of sp³-hybridized carbons (Fsp3) is 0.375. The summed E-state index contributed by atoms with van der Waals surface area (Å²) in [5.41, 5.74) is -2.15. The Kier molecular flexibility index (Phi) is 5.40. The number of anilines is 1. The Morgan fingerprint density at radius 3 is 2.53 bits per heavy atom. The molecule has 0 saturated heterocycles. The topological polar surface area (TPSA) is 97.1 Å². The van der Waals surface area contributed by atoms with E-state index >= 15 is 0 Å². The van der Waals surface area contributed by atoms with E-state index in [1.165, 1.54) is 12.1 Å². The zero-order valence-electron chi connectivity index (χ0n) is 9.44. The number of hydrogen-bond donors (Lipinski definition) is 3. The summed E-state index contributed by atoms with van der Waals surface area (Å²) in [6, 6.07) is 2.57. The molecule has 0 amide bonds. The molecule has 19 heavy (non-hydrogen) atoms. The number of hydrogen-bond acceptors (Lipinski definition) is 6. The Bertz CT molecular complexity index is 504. The quantitative estimate of drug-likeness (QED) is 0.410. The van der Waals surface area contributed by atoms with E-state index in [2.05, 4.69) is 10.4 Å². The highest BCUT2D eigenvalue weighted by Crippen LogP contribution is 2.29. The van der Waals surface area contributed by atoms with Crippen LogP contribution in [0.1, 0.15) is 0 Å². The molecule has 0 fully saturated rings. The zero-order chi connectivity index (χ0) is 14.5. The molecule has 1 heterocycles. The lowest BCUT2D eigenvalue weighted by Gasteiger charge is -2.08. The van der Waals surface area contributed by atoms with Crippen molar-refractivity contribution in [2.75, 3.05) is 17.7 Å². The smallest absolute Gasteiger partial charge is 0.308 e. The van der Waals surface area contributed by atoms with E-state index in [-0.39, 0.29) is 29.0 Å². The number of sulfonamides is 1. The molecule has 11 heteroatoms. The highest BCUT2D eigenvalue weighted by atomic mass is 32.2. The monoisotopic (exact) mass is 316 g/mol. The molecule has 0 aliphatic heterocycles. The van der Waals surface area contributed by atoms with Crippen LogP contribution in [0.2, 0.25) is 0 Å². The van der Waals surface area contributed by atoms with E-state index in [0.717, 1.165) is 6.20 Å². The SMILES string of the molecule is NNc1ccc(S(=O)(=O)NCCSC(F)(F)F)cn1. The van der Waals surface area contributed by atoms with Crippen molar-refractivity contribution in [3.05, 3.63) is 18.3 Å². The van der Waals surface area contributed by atoms with Gasteiger partial charge >= 0.3 is 5.51 Å². The van der Waals surface area contributed by atoms with Crippen LogP contribution in [0.4, 0.5) is 19.0 Å². The van der Waals surface area contributed by atoms with E-state index in [1.807, 2.05) is 4.72 Å². The summed E-state index contributed by atoms with van der Waals surface area (Å²) < 4.78 is 60.9. The van der Waals surface area contributed by atoms with Crippen molar-refractivity contribution >= 4 is 27.6 Å². The molecule has 0 radical (unpaired) electrons. The van der Waals surface area contributed by atoms with Crippen molar-refractivity contribution in [3.8, 4) is 0 Å². The lowest BCUT2D eigenvalue weighted by molar-refractivity contribution is -0.0327. The number of alkyl halides is 3. The number of nitrogens with two attached hydrogens (primary N) is 1. The molecule has 0 aromatic carbocycles. The first-order chi connectivity index (χ1) is 8.74. The summed E-state index contributed by atoms with van der Waals surface area (Å²) in [6.45, 7) is -0.330. The number of thioether (sulfide) groups is 1. The minimum Gasteiger partial charge on any atom is -0.308 e. The second-order valence-electron chi connectivity index (χ2n) is 3.22. The number of nitrogens with zero attached hydrogens (tertiary/aromatic N) is 1. The van der Waals surface area contributed by atoms with Crippen LogP contribution < -0.4 is 16.0 Å². The molecule has 1 aromatic rings. The fourth-order valence-corrected chi connectivity index (χ4v) is 2.59. The molecule has 0 bridgehead atoms. The van der Waals surface area contributed by atoms with Crippen molar-refractivity contribution in [2.24, 2.45) is 5.84 Å². The van der Waals surface area contributed by atoms with Gasteiger partial charge in [-0.2, -0.15) is 13.2 Å². The number of nitrogen functional groups attached to an aromatic ring is 1. The van der Waals surface area contributed by atoms with Crippen LogP contribution in [0.15, 0.2) is 23.2 Å². The summed E-state index contributed by atoms with van der Waals surface area (Å²) in [7, 11) is -3.86. The van der Waals surface area contributed by atoms with Crippen LogP contribution in [0.25, 0.3) is 0 Å². The van der Waals surface area contributed by atoms with E-state index in [4.69, 9.17) is 5.84 Å². The largest absolute Gasteiger partial charge is 0.441 e. The summed E-state index contributed by atoms with van der Waals surface area (Å²) >= 11 is -0.294. The van der Waals surface area contributed by atoms with Gasteiger partial charge < -0.3 is 5.43 Å². The zero-order valence-corrected chi connectivity index (χ0v) is 11.1. The summed E-state index contributed by atoms with van der Waals surface area (Å²) in [5.74, 6) is 4.93. The summed E-state index contributed by atoms with van der Waals surface area (Å²) in [6.07, 6.45) is 1.05. The van der Waals surface area contributed by atoms with Crippen molar-refractivity contribution in [1.82, 2.24) is 9.71 Å². The second-order valence-corrected chi connectivity index (χ2v) is 6.14. The standard InChI is InChI=1S/C8H11F3N4O2S2/c9-8(10,11)18-4-3-14-19(16,17)6-1-2-7(15-12)13-5-6/h1-2,5,14H,3-4,12H2,(H,13,15). The third-order valence-electron chi connectivity index (χ3n) is 1.85. The third-order valence-corrected chi connectivity index (χ3v) is 4.04. The molecule has 0 unspecified atom stereocenters. The van der Waals surface area contributed by atoms with Gasteiger partial charge in [-0.3, -0.25) is 0 Å². The van der Waals surface area contributed by atoms with Crippen molar-refractivity contribution in [2.45, 2.75) is 10.4 Å². The molecule has 108 valence electrons. The maximum atomic E-state index is 11.8. The van der Waals surface area contributed by atoms with Gasteiger partial charge in [0.1, 0.15) is 10.7 Å².